The van der Waals surface area contributed by atoms with E-state index in [4.69, 9.17) is 4.74 Å². The van der Waals surface area contributed by atoms with Crippen LogP contribution in [-0.2, 0) is 4.74 Å². The molecule has 2 atom stereocenters. The van der Waals surface area contributed by atoms with Crippen LogP contribution in [0.4, 0.5) is 5.82 Å². The summed E-state index contributed by atoms with van der Waals surface area (Å²) in [6, 6.07) is 2.10. The predicted octanol–water partition coefficient (Wildman–Crippen LogP) is 2.30. The van der Waals surface area contributed by atoms with Gasteiger partial charge in [0.2, 0.25) is 0 Å². The van der Waals surface area contributed by atoms with Gasteiger partial charge in [-0.2, -0.15) is 0 Å². The highest BCUT2D eigenvalue weighted by Gasteiger charge is 2.24. The standard InChI is InChI=1S/C12H15N3OS/c1-8-5-15(6-9(2)16-8)11-10-3-4-17-12(10)14-7-13-11/h3-4,7-9H,5-6H2,1-2H3/t8-,9-/m1/s1. The van der Waals surface area contributed by atoms with E-state index in [0.29, 0.717) is 0 Å². The zero-order chi connectivity index (χ0) is 11.8. The van der Waals surface area contributed by atoms with Crippen molar-refractivity contribution >= 4 is 27.4 Å². The Bertz CT molecular complexity index is 517. The molecule has 1 fully saturated rings. The molecular weight excluding hydrogens is 234 g/mol. The summed E-state index contributed by atoms with van der Waals surface area (Å²) in [7, 11) is 0. The first kappa shape index (κ1) is 10.9. The topological polar surface area (TPSA) is 38.2 Å². The molecule has 0 spiro atoms. The third kappa shape index (κ3) is 2.00. The number of hydrogen-bond donors (Lipinski definition) is 0. The summed E-state index contributed by atoms with van der Waals surface area (Å²) in [4.78, 5) is 12.1. The molecule has 2 aromatic rings. The maximum absolute atomic E-state index is 5.75. The van der Waals surface area contributed by atoms with E-state index in [1.54, 1.807) is 17.7 Å². The molecular formula is C12H15N3OS. The number of ether oxygens (including phenoxy) is 1. The van der Waals surface area contributed by atoms with Gasteiger partial charge in [0.25, 0.3) is 0 Å². The van der Waals surface area contributed by atoms with Crippen molar-refractivity contribution in [3.05, 3.63) is 17.8 Å². The SMILES string of the molecule is C[C@@H]1CN(c2ncnc3sccc23)C[C@@H](C)O1. The number of nitrogens with zero attached hydrogens (tertiary/aromatic N) is 3. The van der Waals surface area contributed by atoms with E-state index in [0.717, 1.165) is 29.1 Å². The van der Waals surface area contributed by atoms with Gasteiger partial charge in [0.1, 0.15) is 17.0 Å². The molecule has 90 valence electrons. The third-order valence-corrected chi connectivity index (χ3v) is 3.78. The predicted molar refractivity (Wildman–Crippen MR) is 69.6 cm³/mol. The minimum Gasteiger partial charge on any atom is -0.372 e. The van der Waals surface area contributed by atoms with Crippen LogP contribution in [0.5, 0.6) is 0 Å². The summed E-state index contributed by atoms with van der Waals surface area (Å²) >= 11 is 1.66. The van der Waals surface area contributed by atoms with Gasteiger partial charge in [-0.25, -0.2) is 9.97 Å². The van der Waals surface area contributed by atoms with Gasteiger partial charge in [0.15, 0.2) is 0 Å². The quantitative estimate of drug-likeness (QED) is 0.777. The monoisotopic (exact) mass is 249 g/mol. The zero-order valence-electron chi connectivity index (χ0n) is 9.96. The van der Waals surface area contributed by atoms with Gasteiger partial charge in [0.05, 0.1) is 17.6 Å². The first-order valence-electron chi connectivity index (χ1n) is 5.82. The van der Waals surface area contributed by atoms with Crippen LogP contribution >= 0.6 is 11.3 Å². The number of fused-ring (bicyclic) bond motifs is 1. The van der Waals surface area contributed by atoms with Crippen molar-refractivity contribution in [2.45, 2.75) is 26.1 Å². The van der Waals surface area contributed by atoms with Gasteiger partial charge in [0, 0.05) is 13.1 Å². The Balaban J connectivity index is 2.00. The molecule has 0 aromatic carbocycles. The minimum atomic E-state index is 0.252. The van der Waals surface area contributed by atoms with E-state index in [9.17, 15) is 0 Å². The number of anilines is 1. The summed E-state index contributed by atoms with van der Waals surface area (Å²) in [5, 5.41) is 3.22. The highest BCUT2D eigenvalue weighted by Crippen LogP contribution is 2.28. The van der Waals surface area contributed by atoms with E-state index < -0.39 is 0 Å². The lowest BCUT2D eigenvalue weighted by molar-refractivity contribution is -0.00537. The Morgan fingerprint density at radius 3 is 2.82 bits per heavy atom. The molecule has 0 unspecified atom stereocenters. The minimum absolute atomic E-state index is 0.252. The molecule has 0 saturated carbocycles. The summed E-state index contributed by atoms with van der Waals surface area (Å²) in [6.07, 6.45) is 2.16. The third-order valence-electron chi connectivity index (χ3n) is 2.96. The molecule has 0 radical (unpaired) electrons. The lowest BCUT2D eigenvalue weighted by atomic mass is 10.2. The molecule has 0 N–H and O–H groups in total. The normalized spacial score (nSPS) is 25.4. The lowest BCUT2D eigenvalue weighted by Gasteiger charge is -2.36. The Labute approximate surface area is 104 Å². The lowest BCUT2D eigenvalue weighted by Crippen LogP contribution is -2.45. The molecule has 1 saturated heterocycles. The highest BCUT2D eigenvalue weighted by molar-refractivity contribution is 7.16. The smallest absolute Gasteiger partial charge is 0.140 e. The second-order valence-corrected chi connectivity index (χ2v) is 5.39. The summed E-state index contributed by atoms with van der Waals surface area (Å²) in [5.74, 6) is 1.04. The van der Waals surface area contributed by atoms with Crippen molar-refractivity contribution in [1.29, 1.82) is 0 Å². The summed E-state index contributed by atoms with van der Waals surface area (Å²) in [5.41, 5.74) is 0. The fourth-order valence-corrected chi connectivity index (χ4v) is 3.11. The van der Waals surface area contributed by atoms with E-state index in [-0.39, 0.29) is 12.2 Å². The number of rotatable bonds is 1. The first-order valence-corrected chi connectivity index (χ1v) is 6.70. The molecule has 3 heterocycles. The Morgan fingerprint density at radius 2 is 2.06 bits per heavy atom. The van der Waals surface area contributed by atoms with E-state index >= 15 is 0 Å². The fourth-order valence-electron chi connectivity index (χ4n) is 2.38. The molecule has 4 nitrogen and oxygen atoms in total. The molecule has 5 heteroatoms. The molecule has 1 aliphatic rings. The molecule has 0 amide bonds. The van der Waals surface area contributed by atoms with Crippen molar-refractivity contribution in [2.75, 3.05) is 18.0 Å². The number of thiophene rings is 1. The van der Waals surface area contributed by atoms with Crippen LogP contribution in [0.15, 0.2) is 17.8 Å². The maximum Gasteiger partial charge on any atom is 0.140 e. The van der Waals surface area contributed by atoms with E-state index in [2.05, 4.69) is 40.2 Å². The average molecular weight is 249 g/mol. The summed E-state index contributed by atoms with van der Waals surface area (Å²) in [6.45, 7) is 6.00. The van der Waals surface area contributed by atoms with Gasteiger partial charge >= 0.3 is 0 Å². The van der Waals surface area contributed by atoms with Crippen LogP contribution in [-0.4, -0.2) is 35.3 Å². The number of hydrogen-bond acceptors (Lipinski definition) is 5. The van der Waals surface area contributed by atoms with Crippen molar-refractivity contribution in [3.63, 3.8) is 0 Å². The Kier molecular flexibility index (Phi) is 2.72. The van der Waals surface area contributed by atoms with E-state index in [1.165, 1.54) is 0 Å². The molecule has 17 heavy (non-hydrogen) atoms. The summed E-state index contributed by atoms with van der Waals surface area (Å²) < 4.78 is 5.75. The molecule has 3 rings (SSSR count). The van der Waals surface area contributed by atoms with Crippen LogP contribution in [0, 0.1) is 0 Å². The van der Waals surface area contributed by atoms with Crippen LogP contribution in [0.2, 0.25) is 0 Å². The van der Waals surface area contributed by atoms with Crippen LogP contribution < -0.4 is 4.90 Å². The van der Waals surface area contributed by atoms with Crippen LogP contribution in [0.1, 0.15) is 13.8 Å². The Hall–Kier alpha value is -1.20. The largest absolute Gasteiger partial charge is 0.372 e. The second-order valence-electron chi connectivity index (χ2n) is 4.50. The number of aromatic nitrogens is 2. The highest BCUT2D eigenvalue weighted by atomic mass is 32.1. The van der Waals surface area contributed by atoms with Crippen molar-refractivity contribution in [1.82, 2.24) is 9.97 Å². The molecule has 2 aromatic heterocycles. The fraction of sp³-hybridized carbons (Fsp3) is 0.500. The van der Waals surface area contributed by atoms with Crippen molar-refractivity contribution < 1.29 is 4.74 Å². The second kappa shape index (κ2) is 4.23. The Morgan fingerprint density at radius 1 is 1.29 bits per heavy atom. The van der Waals surface area contributed by atoms with Gasteiger partial charge in [-0.3, -0.25) is 0 Å². The zero-order valence-corrected chi connectivity index (χ0v) is 10.8. The van der Waals surface area contributed by atoms with Gasteiger partial charge in [-0.1, -0.05) is 0 Å². The maximum atomic E-state index is 5.75. The average Bonchev–Trinajstić information content (AvgIpc) is 2.75. The van der Waals surface area contributed by atoms with Gasteiger partial charge in [-0.15, -0.1) is 11.3 Å². The van der Waals surface area contributed by atoms with Gasteiger partial charge in [-0.05, 0) is 25.3 Å². The molecule has 1 aliphatic heterocycles. The molecule has 0 aliphatic carbocycles. The molecule has 0 bridgehead atoms. The number of morpholine rings is 1. The van der Waals surface area contributed by atoms with Crippen LogP contribution in [0.25, 0.3) is 10.2 Å². The first-order chi connectivity index (χ1) is 8.24. The van der Waals surface area contributed by atoms with Gasteiger partial charge < -0.3 is 9.64 Å². The van der Waals surface area contributed by atoms with Crippen molar-refractivity contribution in [3.8, 4) is 0 Å². The van der Waals surface area contributed by atoms with Crippen LogP contribution in [0.3, 0.4) is 0 Å². The van der Waals surface area contributed by atoms with E-state index in [1.807, 2.05) is 0 Å². The van der Waals surface area contributed by atoms with Crippen molar-refractivity contribution in [2.24, 2.45) is 0 Å².